The Hall–Kier alpha value is -3.15. The minimum Gasteiger partial charge on any atom is -0.318 e. The lowest BCUT2D eigenvalue weighted by Gasteiger charge is -2.20. The zero-order valence-corrected chi connectivity index (χ0v) is 16.1. The first-order valence-electron chi connectivity index (χ1n) is 9.50. The van der Waals surface area contributed by atoms with E-state index in [1.807, 2.05) is 4.90 Å². The van der Waals surface area contributed by atoms with Crippen molar-refractivity contribution in [1.29, 1.82) is 0 Å². The summed E-state index contributed by atoms with van der Waals surface area (Å²) < 4.78 is 14.6. The van der Waals surface area contributed by atoms with Gasteiger partial charge in [-0.1, -0.05) is 25.1 Å². The van der Waals surface area contributed by atoms with Gasteiger partial charge in [-0.05, 0) is 48.2 Å². The van der Waals surface area contributed by atoms with Crippen molar-refractivity contribution in [2.75, 3.05) is 18.0 Å². The summed E-state index contributed by atoms with van der Waals surface area (Å²) in [5, 5.41) is 6.54. The van der Waals surface area contributed by atoms with Crippen LogP contribution in [0.5, 0.6) is 0 Å². The average Bonchev–Trinajstić information content (AvgIpc) is 3.33. The molecule has 6 heteroatoms. The molecule has 0 atom stereocenters. The number of benzene rings is 2. The highest BCUT2D eigenvalue weighted by molar-refractivity contribution is 5.94. The van der Waals surface area contributed by atoms with Crippen molar-refractivity contribution < 1.29 is 9.18 Å². The summed E-state index contributed by atoms with van der Waals surface area (Å²) >= 11 is 0. The van der Waals surface area contributed by atoms with Gasteiger partial charge in [0.2, 0.25) is 0 Å². The molecule has 0 saturated carbocycles. The van der Waals surface area contributed by atoms with E-state index in [0.717, 1.165) is 12.0 Å². The Bertz CT molecular complexity index is 1000. The third-order valence-corrected chi connectivity index (χ3v) is 5.33. The van der Waals surface area contributed by atoms with Gasteiger partial charge in [-0.2, -0.15) is 5.10 Å². The van der Waals surface area contributed by atoms with Crippen molar-refractivity contribution in [2.45, 2.75) is 26.8 Å². The van der Waals surface area contributed by atoms with E-state index in [1.54, 1.807) is 29.4 Å². The molecular formula is C22H23FN4O. The molecule has 2 amide bonds. The van der Waals surface area contributed by atoms with Crippen LogP contribution in [-0.4, -0.2) is 34.2 Å². The number of amides is 2. The van der Waals surface area contributed by atoms with Gasteiger partial charge in [-0.3, -0.25) is 10.00 Å². The van der Waals surface area contributed by atoms with Gasteiger partial charge in [-0.15, -0.1) is 0 Å². The molecule has 0 aliphatic carbocycles. The van der Waals surface area contributed by atoms with E-state index in [-0.39, 0.29) is 11.8 Å². The topological polar surface area (TPSA) is 52.2 Å². The molecule has 5 nitrogen and oxygen atoms in total. The minimum absolute atomic E-state index is 0.0901. The number of aromatic amines is 1. The Morgan fingerprint density at radius 3 is 2.71 bits per heavy atom. The molecule has 1 aliphatic heterocycles. The summed E-state index contributed by atoms with van der Waals surface area (Å²) in [6.45, 7) is 5.98. The van der Waals surface area contributed by atoms with Gasteiger partial charge in [0.25, 0.3) is 0 Å². The standard InChI is InChI=1S/C22H23FN4O/c1-3-17-5-4-16(10-15(17)2)14-26-8-9-27(22(26)28)19-6-7-20(21(23)11-19)18-12-24-25-13-18/h4-7,10-13H,3,8-9,14H2,1-2H3,(H,24,25). The van der Waals surface area contributed by atoms with Crippen molar-refractivity contribution in [3.63, 3.8) is 0 Å². The van der Waals surface area contributed by atoms with E-state index in [4.69, 9.17) is 0 Å². The van der Waals surface area contributed by atoms with Gasteiger partial charge < -0.3 is 4.90 Å². The Kier molecular flexibility index (Phi) is 4.86. The van der Waals surface area contributed by atoms with E-state index in [0.29, 0.717) is 36.4 Å². The minimum atomic E-state index is -0.365. The van der Waals surface area contributed by atoms with Crippen LogP contribution in [0.4, 0.5) is 14.9 Å². The van der Waals surface area contributed by atoms with Crippen molar-refractivity contribution in [1.82, 2.24) is 15.1 Å². The molecule has 1 aliphatic rings. The van der Waals surface area contributed by atoms with Crippen LogP contribution in [0, 0.1) is 12.7 Å². The fourth-order valence-electron chi connectivity index (χ4n) is 3.75. The number of nitrogens with one attached hydrogen (secondary N) is 1. The number of carbonyl (C=O) groups excluding carboxylic acids is 1. The Balaban J connectivity index is 1.50. The molecule has 144 valence electrons. The number of carbonyl (C=O) groups is 1. The monoisotopic (exact) mass is 378 g/mol. The normalized spacial score (nSPS) is 14.2. The van der Waals surface area contributed by atoms with Gasteiger partial charge in [0.05, 0.1) is 6.20 Å². The van der Waals surface area contributed by atoms with Crippen LogP contribution in [0.3, 0.4) is 0 Å². The molecule has 0 unspecified atom stereocenters. The summed E-state index contributed by atoms with van der Waals surface area (Å²) in [6.07, 6.45) is 4.22. The van der Waals surface area contributed by atoms with E-state index in [1.165, 1.54) is 17.2 Å². The molecular weight excluding hydrogens is 355 g/mol. The molecule has 1 saturated heterocycles. The predicted octanol–water partition coefficient (Wildman–Crippen LogP) is 4.53. The molecule has 0 radical (unpaired) electrons. The molecule has 4 rings (SSSR count). The summed E-state index contributed by atoms with van der Waals surface area (Å²) in [4.78, 5) is 16.3. The van der Waals surface area contributed by atoms with Gasteiger partial charge in [0, 0.05) is 42.6 Å². The fourth-order valence-corrected chi connectivity index (χ4v) is 3.75. The van der Waals surface area contributed by atoms with E-state index in [9.17, 15) is 9.18 Å². The van der Waals surface area contributed by atoms with Crippen LogP contribution in [-0.2, 0) is 13.0 Å². The molecule has 0 spiro atoms. The number of H-pyrrole nitrogens is 1. The maximum atomic E-state index is 14.6. The number of urea groups is 1. The summed E-state index contributed by atoms with van der Waals surface area (Å²) in [6, 6.07) is 11.2. The quantitative estimate of drug-likeness (QED) is 0.709. The number of rotatable bonds is 5. The first-order valence-corrected chi connectivity index (χ1v) is 9.50. The lowest BCUT2D eigenvalue weighted by Crippen LogP contribution is -2.31. The number of anilines is 1. The Morgan fingerprint density at radius 1 is 1.18 bits per heavy atom. The highest BCUT2D eigenvalue weighted by atomic mass is 19.1. The maximum absolute atomic E-state index is 14.6. The largest absolute Gasteiger partial charge is 0.324 e. The molecule has 0 bridgehead atoms. The summed E-state index contributed by atoms with van der Waals surface area (Å²) in [5.41, 5.74) is 5.42. The van der Waals surface area contributed by atoms with E-state index >= 15 is 0 Å². The number of nitrogens with zero attached hydrogens (tertiary/aromatic N) is 3. The van der Waals surface area contributed by atoms with Crippen LogP contribution in [0.2, 0.25) is 0 Å². The van der Waals surface area contributed by atoms with Crippen molar-refractivity contribution in [3.05, 3.63) is 71.3 Å². The van der Waals surface area contributed by atoms with Crippen molar-refractivity contribution >= 4 is 11.7 Å². The second-order valence-corrected chi connectivity index (χ2v) is 7.12. The maximum Gasteiger partial charge on any atom is 0.324 e. The third kappa shape index (κ3) is 3.38. The second-order valence-electron chi connectivity index (χ2n) is 7.12. The predicted molar refractivity (Wildman–Crippen MR) is 108 cm³/mol. The number of aromatic nitrogens is 2. The van der Waals surface area contributed by atoms with Gasteiger partial charge in [-0.25, -0.2) is 9.18 Å². The van der Waals surface area contributed by atoms with E-state index < -0.39 is 0 Å². The molecule has 2 heterocycles. The molecule has 2 aromatic carbocycles. The average molecular weight is 378 g/mol. The number of hydrogen-bond acceptors (Lipinski definition) is 2. The lowest BCUT2D eigenvalue weighted by molar-refractivity contribution is 0.219. The van der Waals surface area contributed by atoms with Crippen LogP contribution < -0.4 is 4.90 Å². The zero-order chi connectivity index (χ0) is 19.7. The van der Waals surface area contributed by atoms with Gasteiger partial charge >= 0.3 is 6.03 Å². The van der Waals surface area contributed by atoms with E-state index in [2.05, 4.69) is 42.2 Å². The van der Waals surface area contributed by atoms with Crippen LogP contribution in [0.25, 0.3) is 11.1 Å². The van der Waals surface area contributed by atoms with Crippen LogP contribution >= 0.6 is 0 Å². The number of aryl methyl sites for hydroxylation is 2. The number of halogens is 1. The lowest BCUT2D eigenvalue weighted by atomic mass is 10.0. The summed E-state index contributed by atoms with van der Waals surface area (Å²) in [7, 11) is 0. The fraction of sp³-hybridized carbons (Fsp3) is 0.273. The summed E-state index contributed by atoms with van der Waals surface area (Å²) in [5.74, 6) is -0.365. The Morgan fingerprint density at radius 2 is 2.04 bits per heavy atom. The highest BCUT2D eigenvalue weighted by Gasteiger charge is 2.30. The van der Waals surface area contributed by atoms with Crippen molar-refractivity contribution in [2.24, 2.45) is 0 Å². The van der Waals surface area contributed by atoms with Crippen LogP contribution in [0.15, 0.2) is 48.8 Å². The van der Waals surface area contributed by atoms with Gasteiger partial charge in [0.1, 0.15) is 5.82 Å². The first-order chi connectivity index (χ1) is 13.6. The zero-order valence-electron chi connectivity index (χ0n) is 16.1. The second kappa shape index (κ2) is 7.46. The molecule has 1 N–H and O–H groups in total. The van der Waals surface area contributed by atoms with Gasteiger partial charge in [0.15, 0.2) is 0 Å². The van der Waals surface area contributed by atoms with Crippen LogP contribution in [0.1, 0.15) is 23.6 Å². The molecule has 1 fully saturated rings. The molecule has 28 heavy (non-hydrogen) atoms. The first kappa shape index (κ1) is 18.2. The Labute approximate surface area is 163 Å². The smallest absolute Gasteiger partial charge is 0.318 e. The third-order valence-electron chi connectivity index (χ3n) is 5.33. The number of hydrogen-bond donors (Lipinski definition) is 1. The van der Waals surface area contributed by atoms with Crippen molar-refractivity contribution in [3.8, 4) is 11.1 Å². The SMILES string of the molecule is CCc1ccc(CN2CCN(c3ccc(-c4cn[nH]c4)c(F)c3)C2=O)cc1C. The highest BCUT2D eigenvalue weighted by Crippen LogP contribution is 2.28. The molecule has 3 aromatic rings. The molecule has 1 aromatic heterocycles.